The van der Waals surface area contributed by atoms with Crippen molar-refractivity contribution in [2.45, 2.75) is 18.4 Å². The second-order valence-corrected chi connectivity index (χ2v) is 6.36. The van der Waals surface area contributed by atoms with E-state index in [2.05, 4.69) is 65.8 Å². The fourth-order valence-electron chi connectivity index (χ4n) is 2.40. The van der Waals surface area contributed by atoms with Crippen LogP contribution in [0.5, 0.6) is 0 Å². The average molecular weight is 296 g/mol. The van der Waals surface area contributed by atoms with E-state index in [4.69, 9.17) is 0 Å². The monoisotopic (exact) mass is 296 g/mol. The Bertz CT molecular complexity index is 701. The summed E-state index contributed by atoms with van der Waals surface area (Å²) in [5.41, 5.74) is 3.88. The first-order valence-corrected chi connectivity index (χ1v) is 8.27. The molecule has 0 amide bonds. The summed E-state index contributed by atoms with van der Waals surface area (Å²) in [4.78, 5) is 4.60. The number of aromatic nitrogens is 1. The van der Waals surface area contributed by atoms with Gasteiger partial charge in [0.25, 0.3) is 0 Å². The molecule has 2 aromatic carbocycles. The third-order valence-corrected chi connectivity index (χ3v) is 4.58. The van der Waals surface area contributed by atoms with E-state index in [1.165, 1.54) is 26.9 Å². The number of thioether (sulfide) groups is 1. The van der Waals surface area contributed by atoms with Crippen molar-refractivity contribution in [2.24, 2.45) is 0 Å². The van der Waals surface area contributed by atoms with Crippen molar-refractivity contribution in [3.63, 3.8) is 0 Å². The molecule has 0 bridgehead atoms. The molecule has 3 heteroatoms. The lowest BCUT2D eigenvalue weighted by Crippen LogP contribution is -2.16. The first-order valence-electron chi connectivity index (χ1n) is 7.28. The Labute approximate surface area is 130 Å². The zero-order chi connectivity index (χ0) is 14.5. The molecule has 0 aliphatic carbocycles. The van der Waals surface area contributed by atoms with Crippen LogP contribution in [0.15, 0.2) is 59.6 Å². The molecule has 0 aliphatic heterocycles. The van der Waals surface area contributed by atoms with Gasteiger partial charge in [0.15, 0.2) is 0 Å². The van der Waals surface area contributed by atoms with Gasteiger partial charge in [-0.15, -0.1) is 11.8 Å². The second kappa shape index (κ2) is 6.83. The third kappa shape index (κ3) is 3.69. The molecule has 0 saturated carbocycles. The minimum Gasteiger partial charge on any atom is -0.361 e. The summed E-state index contributed by atoms with van der Waals surface area (Å²) in [7, 11) is 0. The van der Waals surface area contributed by atoms with Gasteiger partial charge in [-0.05, 0) is 36.8 Å². The lowest BCUT2D eigenvalue weighted by molar-refractivity contribution is 0.736. The van der Waals surface area contributed by atoms with Crippen LogP contribution in [0.1, 0.15) is 11.1 Å². The number of aromatic amines is 1. The quantitative estimate of drug-likeness (QED) is 0.522. The Hall–Kier alpha value is -1.71. The molecular weight excluding hydrogens is 276 g/mol. The molecule has 2 nitrogen and oxygen atoms in total. The fourth-order valence-corrected chi connectivity index (χ4v) is 3.21. The number of fused-ring (bicyclic) bond motifs is 1. The van der Waals surface area contributed by atoms with Crippen LogP contribution in [-0.4, -0.2) is 17.3 Å². The minimum atomic E-state index is 0.920. The molecule has 2 N–H and O–H groups in total. The summed E-state index contributed by atoms with van der Waals surface area (Å²) < 4.78 is 0. The van der Waals surface area contributed by atoms with Gasteiger partial charge < -0.3 is 10.3 Å². The maximum absolute atomic E-state index is 3.53. The van der Waals surface area contributed by atoms with Crippen LogP contribution in [0.4, 0.5) is 0 Å². The average Bonchev–Trinajstić information content (AvgIpc) is 2.98. The van der Waals surface area contributed by atoms with Gasteiger partial charge in [0.05, 0.1) is 0 Å². The lowest BCUT2D eigenvalue weighted by atomic mass is 10.1. The third-order valence-electron chi connectivity index (χ3n) is 3.57. The number of rotatable bonds is 6. The molecule has 0 spiro atoms. The first kappa shape index (κ1) is 14.2. The number of nitrogens with one attached hydrogen (secondary N) is 2. The maximum Gasteiger partial charge on any atom is 0.0457 e. The summed E-state index contributed by atoms with van der Waals surface area (Å²) in [5.74, 6) is 1.09. The van der Waals surface area contributed by atoms with Crippen molar-refractivity contribution >= 4 is 22.7 Å². The van der Waals surface area contributed by atoms with Crippen LogP contribution < -0.4 is 5.32 Å². The number of benzene rings is 2. The predicted molar refractivity (Wildman–Crippen MR) is 91.9 cm³/mol. The summed E-state index contributed by atoms with van der Waals surface area (Å²) >= 11 is 1.90. The van der Waals surface area contributed by atoms with Gasteiger partial charge in [-0.25, -0.2) is 0 Å². The summed E-state index contributed by atoms with van der Waals surface area (Å²) in [5, 5.41) is 4.85. The molecule has 1 aromatic heterocycles. The number of hydrogen-bond donors (Lipinski definition) is 2. The Morgan fingerprint density at radius 2 is 1.90 bits per heavy atom. The molecule has 0 unspecified atom stereocenters. The number of H-pyrrole nitrogens is 1. The normalized spacial score (nSPS) is 11.1. The van der Waals surface area contributed by atoms with Gasteiger partial charge in [-0.3, -0.25) is 0 Å². The Balaban J connectivity index is 1.46. The molecule has 0 atom stereocenters. The molecule has 108 valence electrons. The highest BCUT2D eigenvalue weighted by Gasteiger charge is 2.01. The highest BCUT2D eigenvalue weighted by atomic mass is 32.2. The summed E-state index contributed by atoms with van der Waals surface area (Å²) in [6.45, 7) is 4.06. The molecule has 3 rings (SSSR count). The van der Waals surface area contributed by atoms with E-state index in [9.17, 15) is 0 Å². The highest BCUT2D eigenvalue weighted by Crippen LogP contribution is 2.18. The highest BCUT2D eigenvalue weighted by molar-refractivity contribution is 7.99. The van der Waals surface area contributed by atoms with Gasteiger partial charge in [-0.2, -0.15) is 0 Å². The van der Waals surface area contributed by atoms with Gasteiger partial charge in [0, 0.05) is 40.8 Å². The maximum atomic E-state index is 3.53. The molecule has 0 aliphatic rings. The standard InChI is InChI=1S/C18H20N2S/c1-14-5-7-16(8-6-14)21-12-11-19-13-15-3-2-4-18-17(15)9-10-20-18/h2-10,19-20H,11-13H2,1H3. The zero-order valence-corrected chi connectivity index (χ0v) is 13.0. The molecule has 0 saturated heterocycles. The van der Waals surface area contributed by atoms with Gasteiger partial charge in [0.2, 0.25) is 0 Å². The first-order chi connectivity index (χ1) is 10.3. The van der Waals surface area contributed by atoms with Crippen molar-refractivity contribution < 1.29 is 0 Å². The largest absolute Gasteiger partial charge is 0.361 e. The Morgan fingerprint density at radius 3 is 2.76 bits per heavy atom. The Morgan fingerprint density at radius 1 is 1.05 bits per heavy atom. The molecule has 0 radical (unpaired) electrons. The Kier molecular flexibility index (Phi) is 4.63. The van der Waals surface area contributed by atoms with E-state index in [0.29, 0.717) is 0 Å². The van der Waals surface area contributed by atoms with Crippen LogP contribution in [0, 0.1) is 6.92 Å². The lowest BCUT2D eigenvalue weighted by Gasteiger charge is -2.06. The number of aryl methyl sites for hydroxylation is 1. The van der Waals surface area contributed by atoms with Gasteiger partial charge in [0.1, 0.15) is 0 Å². The summed E-state index contributed by atoms with van der Waals surface area (Å²) in [6.07, 6.45) is 2.00. The molecule has 0 fully saturated rings. The van der Waals surface area contributed by atoms with Crippen molar-refractivity contribution in [3.8, 4) is 0 Å². The molecular formula is C18H20N2S. The molecule has 21 heavy (non-hydrogen) atoms. The smallest absolute Gasteiger partial charge is 0.0457 e. The topological polar surface area (TPSA) is 27.8 Å². The number of hydrogen-bond acceptors (Lipinski definition) is 2. The van der Waals surface area contributed by atoms with Crippen molar-refractivity contribution in [1.82, 2.24) is 10.3 Å². The summed E-state index contributed by atoms with van der Waals surface area (Å²) in [6, 6.07) is 17.3. The van der Waals surface area contributed by atoms with Crippen LogP contribution in [0.3, 0.4) is 0 Å². The predicted octanol–water partition coefficient (Wildman–Crippen LogP) is 4.36. The van der Waals surface area contributed by atoms with Crippen LogP contribution in [-0.2, 0) is 6.54 Å². The fraction of sp³-hybridized carbons (Fsp3) is 0.222. The second-order valence-electron chi connectivity index (χ2n) is 5.19. The zero-order valence-electron chi connectivity index (χ0n) is 12.2. The van der Waals surface area contributed by atoms with Crippen LogP contribution >= 0.6 is 11.8 Å². The van der Waals surface area contributed by atoms with E-state index in [-0.39, 0.29) is 0 Å². The van der Waals surface area contributed by atoms with E-state index in [0.717, 1.165) is 18.8 Å². The van der Waals surface area contributed by atoms with Crippen LogP contribution in [0.2, 0.25) is 0 Å². The minimum absolute atomic E-state index is 0.920. The SMILES string of the molecule is Cc1ccc(SCCNCc2cccc3[nH]ccc23)cc1. The van der Waals surface area contributed by atoms with E-state index < -0.39 is 0 Å². The van der Waals surface area contributed by atoms with Crippen molar-refractivity contribution in [1.29, 1.82) is 0 Å². The van der Waals surface area contributed by atoms with E-state index in [1.807, 2.05) is 18.0 Å². The van der Waals surface area contributed by atoms with E-state index >= 15 is 0 Å². The van der Waals surface area contributed by atoms with E-state index in [1.54, 1.807) is 0 Å². The molecule has 1 heterocycles. The van der Waals surface area contributed by atoms with Gasteiger partial charge >= 0.3 is 0 Å². The van der Waals surface area contributed by atoms with Crippen molar-refractivity contribution in [3.05, 3.63) is 65.9 Å². The van der Waals surface area contributed by atoms with Crippen LogP contribution in [0.25, 0.3) is 10.9 Å². The van der Waals surface area contributed by atoms with Crippen molar-refractivity contribution in [2.75, 3.05) is 12.3 Å². The van der Waals surface area contributed by atoms with Gasteiger partial charge in [-0.1, -0.05) is 29.8 Å². The molecule has 3 aromatic rings.